The molecule has 30 heavy (non-hydrogen) atoms. The first-order valence-corrected chi connectivity index (χ1v) is 9.98. The molecule has 2 heterocycles. The lowest BCUT2D eigenvalue weighted by Crippen LogP contribution is -2.33. The van der Waals surface area contributed by atoms with Crippen molar-refractivity contribution in [3.63, 3.8) is 0 Å². The number of aryl methyl sites for hydroxylation is 1. The topological polar surface area (TPSA) is 67.2 Å². The number of fused-ring (bicyclic) bond motifs is 1. The minimum atomic E-state index is -0.364. The lowest BCUT2D eigenvalue weighted by Gasteiger charge is -2.32. The fourth-order valence-corrected chi connectivity index (χ4v) is 3.78. The van der Waals surface area contributed by atoms with Crippen molar-refractivity contribution in [3.8, 4) is 5.69 Å². The summed E-state index contributed by atoms with van der Waals surface area (Å²) in [6.45, 7) is 3.36. The zero-order valence-electron chi connectivity index (χ0n) is 16.7. The minimum Gasteiger partial charge on any atom is -0.311 e. The quantitative estimate of drug-likeness (QED) is 0.663. The summed E-state index contributed by atoms with van der Waals surface area (Å²) in [6, 6.07) is 16.5. The van der Waals surface area contributed by atoms with Crippen LogP contribution < -0.4 is 5.32 Å². The van der Waals surface area contributed by atoms with E-state index in [4.69, 9.17) is 11.6 Å². The molecule has 1 unspecified atom stereocenters. The third kappa shape index (κ3) is 4.00. The Bertz CT molecular complexity index is 1130. The molecule has 1 N–H and O–H groups in total. The summed E-state index contributed by atoms with van der Waals surface area (Å²) in [5.41, 5.74) is 3.53. The molecule has 0 aliphatic carbocycles. The van der Waals surface area contributed by atoms with Crippen LogP contribution in [0.5, 0.6) is 0 Å². The van der Waals surface area contributed by atoms with E-state index in [-0.39, 0.29) is 24.3 Å². The van der Waals surface area contributed by atoms with Crippen molar-refractivity contribution >= 4 is 35.3 Å². The second-order valence-corrected chi connectivity index (χ2v) is 7.63. The normalized spacial score (nSPS) is 15.0. The predicted octanol–water partition coefficient (Wildman–Crippen LogP) is 4.74. The second kappa shape index (κ2) is 8.16. The molecule has 1 atom stereocenters. The molecule has 3 aromatic rings. The maximum absolute atomic E-state index is 13.0. The number of aromatic nitrogens is 2. The van der Waals surface area contributed by atoms with Gasteiger partial charge in [0.15, 0.2) is 0 Å². The van der Waals surface area contributed by atoms with Crippen molar-refractivity contribution in [2.24, 2.45) is 0 Å². The molecule has 4 rings (SSSR count). The number of rotatable bonds is 4. The van der Waals surface area contributed by atoms with Gasteiger partial charge in [-0.2, -0.15) is 5.10 Å². The number of benzene rings is 2. The van der Waals surface area contributed by atoms with Crippen LogP contribution in [-0.2, 0) is 9.59 Å². The van der Waals surface area contributed by atoms with Crippen LogP contribution in [-0.4, -0.2) is 26.5 Å². The van der Waals surface area contributed by atoms with Crippen LogP contribution >= 0.6 is 11.6 Å². The number of nitrogens with zero attached hydrogens (tertiary/aromatic N) is 3. The molecule has 7 heteroatoms. The molecule has 0 saturated heterocycles. The van der Waals surface area contributed by atoms with Crippen molar-refractivity contribution in [3.05, 3.63) is 82.6 Å². The van der Waals surface area contributed by atoms with E-state index in [1.807, 2.05) is 55.5 Å². The van der Waals surface area contributed by atoms with Gasteiger partial charge in [-0.3, -0.25) is 9.59 Å². The summed E-state index contributed by atoms with van der Waals surface area (Å²) in [5.74, 6) is 0.251. The average Bonchev–Trinajstić information content (AvgIpc) is 3.08. The number of carbonyl (C=O) groups excluding carboxylic acids is 2. The third-order valence-electron chi connectivity index (χ3n) is 5.02. The van der Waals surface area contributed by atoms with Crippen LogP contribution in [0.3, 0.4) is 0 Å². The van der Waals surface area contributed by atoms with Crippen molar-refractivity contribution in [2.45, 2.75) is 26.3 Å². The van der Waals surface area contributed by atoms with E-state index in [1.54, 1.807) is 27.9 Å². The Labute approximate surface area is 179 Å². The molecule has 1 aliphatic heterocycles. The van der Waals surface area contributed by atoms with Gasteiger partial charge in [0.1, 0.15) is 5.82 Å². The van der Waals surface area contributed by atoms with Crippen LogP contribution in [0, 0.1) is 6.92 Å². The van der Waals surface area contributed by atoms with Crippen molar-refractivity contribution in [1.29, 1.82) is 0 Å². The Morgan fingerprint density at radius 2 is 1.87 bits per heavy atom. The van der Waals surface area contributed by atoms with Gasteiger partial charge >= 0.3 is 0 Å². The first kappa shape index (κ1) is 19.9. The van der Waals surface area contributed by atoms with E-state index in [2.05, 4.69) is 10.4 Å². The lowest BCUT2D eigenvalue weighted by molar-refractivity contribution is -0.129. The molecule has 0 fully saturated rings. The van der Waals surface area contributed by atoms with Gasteiger partial charge in [0, 0.05) is 24.2 Å². The van der Waals surface area contributed by atoms with Gasteiger partial charge in [0.2, 0.25) is 11.8 Å². The SMILES string of the molecule is CC(=O)N1C=Cc2ccccc2C1CC(=O)Nc1cc(C)nn1-c1ccc(Cl)cc1. The number of halogens is 1. The van der Waals surface area contributed by atoms with Crippen LogP contribution in [0.4, 0.5) is 5.82 Å². The summed E-state index contributed by atoms with van der Waals surface area (Å²) < 4.78 is 1.67. The largest absolute Gasteiger partial charge is 0.311 e. The molecular weight excluding hydrogens is 400 g/mol. The maximum atomic E-state index is 13.0. The Kier molecular flexibility index (Phi) is 5.42. The van der Waals surface area contributed by atoms with Gasteiger partial charge in [-0.15, -0.1) is 0 Å². The second-order valence-electron chi connectivity index (χ2n) is 7.20. The average molecular weight is 421 g/mol. The number of carbonyl (C=O) groups is 2. The van der Waals surface area contributed by atoms with Gasteiger partial charge in [-0.05, 0) is 48.4 Å². The molecule has 0 radical (unpaired) electrons. The Hall–Kier alpha value is -3.38. The fraction of sp³-hybridized carbons (Fsp3) is 0.174. The number of hydrogen-bond acceptors (Lipinski definition) is 3. The van der Waals surface area contributed by atoms with Crippen molar-refractivity contribution < 1.29 is 9.59 Å². The molecular formula is C23H21ClN4O2. The highest BCUT2D eigenvalue weighted by Gasteiger charge is 2.28. The summed E-state index contributed by atoms with van der Waals surface area (Å²) in [7, 11) is 0. The van der Waals surface area contributed by atoms with Gasteiger partial charge in [-0.25, -0.2) is 4.68 Å². The summed E-state index contributed by atoms with van der Waals surface area (Å²) in [6.07, 6.45) is 3.76. The van der Waals surface area contributed by atoms with E-state index in [0.717, 1.165) is 22.5 Å². The van der Waals surface area contributed by atoms with E-state index in [1.165, 1.54) is 6.92 Å². The monoisotopic (exact) mass is 420 g/mol. The Balaban J connectivity index is 1.58. The first-order valence-electron chi connectivity index (χ1n) is 9.61. The molecule has 2 aromatic carbocycles. The molecule has 0 bridgehead atoms. The zero-order valence-corrected chi connectivity index (χ0v) is 17.4. The lowest BCUT2D eigenvalue weighted by atomic mass is 9.93. The highest BCUT2D eigenvalue weighted by molar-refractivity contribution is 6.30. The van der Waals surface area contributed by atoms with Crippen LogP contribution in [0.2, 0.25) is 5.02 Å². The van der Waals surface area contributed by atoms with Gasteiger partial charge in [-0.1, -0.05) is 35.9 Å². The molecule has 152 valence electrons. The predicted molar refractivity (Wildman–Crippen MR) is 117 cm³/mol. The maximum Gasteiger partial charge on any atom is 0.227 e. The molecule has 2 amide bonds. The number of anilines is 1. The number of nitrogens with one attached hydrogen (secondary N) is 1. The van der Waals surface area contributed by atoms with Crippen LogP contribution in [0.25, 0.3) is 11.8 Å². The summed E-state index contributed by atoms with van der Waals surface area (Å²) in [5, 5.41) is 8.05. The minimum absolute atomic E-state index is 0.111. The Morgan fingerprint density at radius 1 is 1.13 bits per heavy atom. The zero-order chi connectivity index (χ0) is 21.3. The summed E-state index contributed by atoms with van der Waals surface area (Å²) in [4.78, 5) is 26.7. The van der Waals surface area contributed by atoms with E-state index in [0.29, 0.717) is 10.8 Å². The summed E-state index contributed by atoms with van der Waals surface area (Å²) >= 11 is 5.98. The molecule has 1 aromatic heterocycles. The molecule has 6 nitrogen and oxygen atoms in total. The molecule has 0 spiro atoms. The van der Waals surface area contributed by atoms with Crippen LogP contribution in [0.15, 0.2) is 60.8 Å². The van der Waals surface area contributed by atoms with Gasteiger partial charge in [0.25, 0.3) is 0 Å². The van der Waals surface area contributed by atoms with Gasteiger partial charge in [0.05, 0.1) is 23.8 Å². The Morgan fingerprint density at radius 3 is 2.60 bits per heavy atom. The first-order chi connectivity index (χ1) is 14.4. The van der Waals surface area contributed by atoms with E-state index >= 15 is 0 Å². The fourth-order valence-electron chi connectivity index (χ4n) is 3.65. The van der Waals surface area contributed by atoms with Crippen molar-refractivity contribution in [2.75, 3.05) is 5.32 Å². The van der Waals surface area contributed by atoms with Crippen molar-refractivity contribution in [1.82, 2.24) is 14.7 Å². The highest BCUT2D eigenvalue weighted by atomic mass is 35.5. The highest BCUT2D eigenvalue weighted by Crippen LogP contribution is 2.33. The number of amides is 2. The van der Waals surface area contributed by atoms with Crippen LogP contribution in [0.1, 0.15) is 36.2 Å². The van der Waals surface area contributed by atoms with E-state index in [9.17, 15) is 9.59 Å². The number of hydrogen-bond donors (Lipinski definition) is 1. The third-order valence-corrected chi connectivity index (χ3v) is 5.27. The molecule has 0 saturated carbocycles. The van der Waals surface area contributed by atoms with E-state index < -0.39 is 0 Å². The molecule has 1 aliphatic rings. The smallest absolute Gasteiger partial charge is 0.227 e. The standard InChI is InChI=1S/C23H21ClN4O2/c1-15-13-22(28(26-15)19-9-7-18(24)8-10-19)25-23(30)14-21-20-6-4-3-5-17(20)11-12-27(21)16(2)29/h3-13,21H,14H2,1-2H3,(H,25,30). The van der Waals surface area contributed by atoms with Gasteiger partial charge < -0.3 is 10.2 Å².